The van der Waals surface area contributed by atoms with Gasteiger partial charge in [0, 0.05) is 6.42 Å². The first-order valence-corrected chi connectivity index (χ1v) is 5.93. The maximum atomic E-state index is 13.1. The fourth-order valence-corrected chi connectivity index (χ4v) is 1.99. The van der Waals surface area contributed by atoms with E-state index in [4.69, 9.17) is 5.73 Å². The van der Waals surface area contributed by atoms with Gasteiger partial charge >= 0.3 is 0 Å². The first-order valence-electron chi connectivity index (χ1n) is 5.93. The minimum atomic E-state index is -0.326. The molecular weight excluding hydrogens is 255 g/mol. The Labute approximate surface area is 112 Å². The molecule has 0 atom stereocenters. The van der Waals surface area contributed by atoms with E-state index in [1.165, 1.54) is 12.1 Å². The van der Waals surface area contributed by atoms with Gasteiger partial charge in [-0.05, 0) is 43.5 Å². The van der Waals surface area contributed by atoms with Crippen molar-refractivity contribution in [3.05, 3.63) is 35.6 Å². The summed E-state index contributed by atoms with van der Waals surface area (Å²) in [6.07, 6.45) is 2.88. The molecule has 3 N–H and O–H groups in total. The minimum absolute atomic E-state index is 0. The number of carbonyl (C=O) groups excluding carboxylic acids is 1. The molecule has 2 rings (SSSR count). The van der Waals surface area contributed by atoms with Gasteiger partial charge < -0.3 is 11.1 Å². The number of nitrogens with one attached hydrogen (secondary N) is 1. The Hall–Kier alpha value is -1.13. The fraction of sp³-hybridized carbons (Fsp3) is 0.462. The third-order valence-corrected chi connectivity index (χ3v) is 3.11. The first kappa shape index (κ1) is 14.9. The molecule has 1 amide bonds. The van der Waals surface area contributed by atoms with Crippen LogP contribution in [-0.4, -0.2) is 12.5 Å². The summed E-state index contributed by atoms with van der Waals surface area (Å²) in [6, 6.07) is 6.45. The van der Waals surface area contributed by atoms with Gasteiger partial charge in [-0.3, -0.25) is 4.79 Å². The van der Waals surface area contributed by atoms with Gasteiger partial charge in [-0.15, -0.1) is 12.4 Å². The van der Waals surface area contributed by atoms with Gasteiger partial charge in [0.1, 0.15) is 5.82 Å². The molecule has 3 nitrogen and oxygen atoms in total. The Morgan fingerprint density at radius 2 is 2.17 bits per heavy atom. The summed E-state index contributed by atoms with van der Waals surface area (Å²) in [7, 11) is 0. The van der Waals surface area contributed by atoms with Gasteiger partial charge in [0.15, 0.2) is 0 Å². The van der Waals surface area contributed by atoms with E-state index < -0.39 is 0 Å². The highest BCUT2D eigenvalue weighted by atomic mass is 35.5. The lowest BCUT2D eigenvalue weighted by molar-refractivity contribution is -0.122. The minimum Gasteiger partial charge on any atom is -0.347 e. The van der Waals surface area contributed by atoms with Crippen molar-refractivity contribution >= 4 is 18.3 Å². The second-order valence-corrected chi connectivity index (χ2v) is 4.53. The number of carbonyl (C=O) groups is 1. The van der Waals surface area contributed by atoms with E-state index in [1.807, 2.05) is 6.07 Å². The molecule has 0 aliphatic heterocycles. The Morgan fingerprint density at radius 1 is 1.44 bits per heavy atom. The van der Waals surface area contributed by atoms with Crippen LogP contribution in [0.3, 0.4) is 0 Å². The standard InChI is InChI=1S/C13H17FN2O.ClH/c14-11-4-1-3-10(9-11)13(6-7-13)16-12(17)5-2-8-15;/h1,3-4,9H,2,5-8,15H2,(H,16,17);1H. The summed E-state index contributed by atoms with van der Waals surface area (Å²) in [6.45, 7) is 0.514. The fourth-order valence-electron chi connectivity index (χ4n) is 1.99. The van der Waals surface area contributed by atoms with Gasteiger partial charge in [0.05, 0.1) is 5.54 Å². The predicted octanol–water partition coefficient (Wildman–Crippen LogP) is 2.09. The van der Waals surface area contributed by atoms with Gasteiger partial charge in [0.25, 0.3) is 0 Å². The number of halogens is 2. The van der Waals surface area contributed by atoms with Gasteiger partial charge in [-0.25, -0.2) is 4.39 Å². The maximum absolute atomic E-state index is 13.1. The Balaban J connectivity index is 0.00000162. The van der Waals surface area contributed by atoms with Crippen molar-refractivity contribution in [2.75, 3.05) is 6.54 Å². The molecule has 100 valence electrons. The molecule has 0 bridgehead atoms. The predicted molar refractivity (Wildman–Crippen MR) is 71.0 cm³/mol. The molecule has 1 aromatic carbocycles. The zero-order valence-electron chi connectivity index (χ0n) is 10.1. The third kappa shape index (κ3) is 3.43. The summed E-state index contributed by atoms with van der Waals surface area (Å²) in [5.41, 5.74) is 5.89. The van der Waals surface area contributed by atoms with E-state index in [2.05, 4.69) is 5.32 Å². The van der Waals surface area contributed by atoms with Crippen molar-refractivity contribution in [2.45, 2.75) is 31.2 Å². The van der Waals surface area contributed by atoms with Crippen LogP contribution < -0.4 is 11.1 Å². The lowest BCUT2D eigenvalue weighted by Gasteiger charge is -2.18. The molecule has 0 radical (unpaired) electrons. The van der Waals surface area contributed by atoms with Gasteiger partial charge in [0.2, 0.25) is 5.91 Å². The molecule has 5 heteroatoms. The summed E-state index contributed by atoms with van der Waals surface area (Å²) < 4.78 is 13.1. The molecule has 1 saturated carbocycles. The Kier molecular flexibility index (Phi) is 5.11. The molecule has 1 aliphatic carbocycles. The maximum Gasteiger partial charge on any atom is 0.220 e. The van der Waals surface area contributed by atoms with Crippen LogP contribution in [0.5, 0.6) is 0 Å². The van der Waals surface area contributed by atoms with Crippen LogP contribution in [0.2, 0.25) is 0 Å². The van der Waals surface area contributed by atoms with Crippen LogP contribution in [0, 0.1) is 5.82 Å². The third-order valence-electron chi connectivity index (χ3n) is 3.11. The SMILES string of the molecule is Cl.NCCCC(=O)NC1(c2cccc(F)c2)CC1. The topological polar surface area (TPSA) is 55.1 Å². The van der Waals surface area contributed by atoms with Gasteiger partial charge in [-0.2, -0.15) is 0 Å². The Morgan fingerprint density at radius 3 is 2.72 bits per heavy atom. The van der Waals surface area contributed by atoms with Crippen molar-refractivity contribution in [3.63, 3.8) is 0 Å². The lowest BCUT2D eigenvalue weighted by Crippen LogP contribution is -2.35. The Bertz CT molecular complexity index is 421. The molecule has 0 heterocycles. The zero-order chi connectivity index (χ0) is 12.3. The molecule has 0 spiro atoms. The average Bonchev–Trinajstić information content (AvgIpc) is 3.07. The molecule has 1 aromatic rings. The number of amides is 1. The van der Waals surface area contributed by atoms with Crippen LogP contribution in [0.25, 0.3) is 0 Å². The number of rotatable bonds is 5. The summed E-state index contributed by atoms with van der Waals surface area (Å²) in [4.78, 5) is 11.7. The van der Waals surface area contributed by atoms with E-state index in [1.54, 1.807) is 6.07 Å². The van der Waals surface area contributed by atoms with Crippen LogP contribution in [0.15, 0.2) is 24.3 Å². The summed E-state index contributed by atoms with van der Waals surface area (Å²) in [5.74, 6) is -0.262. The summed E-state index contributed by atoms with van der Waals surface area (Å²) in [5, 5.41) is 2.98. The molecular formula is C13H18ClFN2O. The number of nitrogens with two attached hydrogens (primary N) is 1. The number of hydrogen-bond acceptors (Lipinski definition) is 2. The molecule has 0 unspecified atom stereocenters. The average molecular weight is 273 g/mol. The normalized spacial score (nSPS) is 15.7. The molecule has 1 fully saturated rings. The second kappa shape index (κ2) is 6.16. The number of benzene rings is 1. The van der Waals surface area contributed by atoms with Crippen LogP contribution in [-0.2, 0) is 10.3 Å². The molecule has 0 saturated heterocycles. The summed E-state index contributed by atoms with van der Waals surface area (Å²) >= 11 is 0. The molecule has 18 heavy (non-hydrogen) atoms. The van der Waals surface area contributed by atoms with E-state index in [-0.39, 0.29) is 29.7 Å². The number of hydrogen-bond donors (Lipinski definition) is 2. The van der Waals surface area contributed by atoms with Crippen LogP contribution in [0.1, 0.15) is 31.2 Å². The zero-order valence-corrected chi connectivity index (χ0v) is 10.9. The van der Waals surface area contributed by atoms with E-state index in [0.717, 1.165) is 18.4 Å². The van der Waals surface area contributed by atoms with Gasteiger partial charge in [-0.1, -0.05) is 12.1 Å². The van der Waals surface area contributed by atoms with Crippen molar-refractivity contribution in [1.29, 1.82) is 0 Å². The van der Waals surface area contributed by atoms with Crippen LogP contribution >= 0.6 is 12.4 Å². The van der Waals surface area contributed by atoms with E-state index >= 15 is 0 Å². The smallest absolute Gasteiger partial charge is 0.220 e. The highest BCUT2D eigenvalue weighted by Crippen LogP contribution is 2.45. The monoisotopic (exact) mass is 272 g/mol. The lowest BCUT2D eigenvalue weighted by atomic mass is 10.0. The molecule has 1 aliphatic rings. The first-order chi connectivity index (χ1) is 8.16. The van der Waals surface area contributed by atoms with E-state index in [9.17, 15) is 9.18 Å². The van der Waals surface area contributed by atoms with Crippen molar-refractivity contribution in [1.82, 2.24) is 5.32 Å². The van der Waals surface area contributed by atoms with Crippen molar-refractivity contribution in [2.24, 2.45) is 5.73 Å². The van der Waals surface area contributed by atoms with E-state index in [0.29, 0.717) is 19.4 Å². The largest absolute Gasteiger partial charge is 0.347 e. The molecule has 0 aromatic heterocycles. The second-order valence-electron chi connectivity index (χ2n) is 4.53. The quantitative estimate of drug-likeness (QED) is 0.862. The highest BCUT2D eigenvalue weighted by molar-refractivity contribution is 5.85. The van der Waals surface area contributed by atoms with Crippen molar-refractivity contribution < 1.29 is 9.18 Å². The highest BCUT2D eigenvalue weighted by Gasteiger charge is 2.45. The van der Waals surface area contributed by atoms with Crippen molar-refractivity contribution in [3.8, 4) is 0 Å². The van der Waals surface area contributed by atoms with Crippen LogP contribution in [0.4, 0.5) is 4.39 Å².